The van der Waals surface area contributed by atoms with Crippen molar-refractivity contribution in [2.45, 2.75) is 19.8 Å². The highest BCUT2D eigenvalue weighted by molar-refractivity contribution is 7.92. The van der Waals surface area contributed by atoms with Crippen LogP contribution in [0.4, 0.5) is 5.69 Å². The SMILES string of the molecule is CCCc1cccc(-n2cc(-c3ccc(NS(C)(=O)=O)cc3)cn2)c1. The standard InChI is InChI=1S/C19H21N3O2S/c1-3-5-15-6-4-7-19(12-15)22-14-17(13-20-22)16-8-10-18(11-9-16)21-25(2,23)24/h4,6-14,21H,3,5H2,1-2H3. The third kappa shape index (κ3) is 4.48. The molecule has 0 saturated carbocycles. The number of sulfonamides is 1. The molecule has 0 aliphatic heterocycles. The molecule has 0 saturated heterocycles. The van der Waals surface area contributed by atoms with Gasteiger partial charge >= 0.3 is 0 Å². The van der Waals surface area contributed by atoms with Crippen molar-refractivity contribution in [3.05, 3.63) is 66.5 Å². The van der Waals surface area contributed by atoms with Gasteiger partial charge in [-0.2, -0.15) is 5.10 Å². The van der Waals surface area contributed by atoms with Crippen molar-refractivity contribution in [1.29, 1.82) is 0 Å². The number of nitrogens with zero attached hydrogens (tertiary/aromatic N) is 2. The van der Waals surface area contributed by atoms with Gasteiger partial charge in [0.2, 0.25) is 10.0 Å². The Balaban J connectivity index is 1.83. The normalized spacial score (nSPS) is 11.4. The Morgan fingerprint density at radius 1 is 1.08 bits per heavy atom. The van der Waals surface area contributed by atoms with Crippen LogP contribution >= 0.6 is 0 Å². The van der Waals surface area contributed by atoms with Crippen LogP contribution in [0.25, 0.3) is 16.8 Å². The van der Waals surface area contributed by atoms with Gasteiger partial charge in [0.05, 0.1) is 18.1 Å². The summed E-state index contributed by atoms with van der Waals surface area (Å²) in [6.07, 6.45) is 7.09. The van der Waals surface area contributed by atoms with Crippen molar-refractivity contribution in [2.24, 2.45) is 0 Å². The quantitative estimate of drug-likeness (QED) is 0.730. The molecule has 0 fully saturated rings. The summed E-state index contributed by atoms with van der Waals surface area (Å²) in [6.45, 7) is 2.17. The fraction of sp³-hybridized carbons (Fsp3) is 0.211. The first kappa shape index (κ1) is 17.2. The minimum absolute atomic E-state index is 0.547. The van der Waals surface area contributed by atoms with Crippen LogP contribution in [-0.4, -0.2) is 24.5 Å². The molecule has 130 valence electrons. The molecule has 3 rings (SSSR count). The van der Waals surface area contributed by atoms with Gasteiger partial charge in [0, 0.05) is 17.4 Å². The van der Waals surface area contributed by atoms with E-state index in [-0.39, 0.29) is 0 Å². The average Bonchev–Trinajstić information content (AvgIpc) is 3.05. The Morgan fingerprint density at radius 3 is 2.52 bits per heavy atom. The van der Waals surface area contributed by atoms with Gasteiger partial charge in [-0.3, -0.25) is 4.72 Å². The Labute approximate surface area is 148 Å². The van der Waals surface area contributed by atoms with Crippen molar-refractivity contribution in [3.63, 3.8) is 0 Å². The first-order valence-corrected chi connectivity index (χ1v) is 10.1. The molecule has 1 aromatic heterocycles. The molecule has 1 N–H and O–H groups in total. The van der Waals surface area contributed by atoms with Crippen molar-refractivity contribution in [2.75, 3.05) is 11.0 Å². The molecular formula is C19H21N3O2S. The van der Waals surface area contributed by atoms with Gasteiger partial charge in [-0.1, -0.05) is 37.6 Å². The Hall–Kier alpha value is -2.60. The third-order valence-electron chi connectivity index (χ3n) is 3.82. The molecule has 25 heavy (non-hydrogen) atoms. The Morgan fingerprint density at radius 2 is 1.84 bits per heavy atom. The van der Waals surface area contributed by atoms with E-state index in [9.17, 15) is 8.42 Å². The van der Waals surface area contributed by atoms with Gasteiger partial charge in [-0.25, -0.2) is 13.1 Å². The number of hydrogen-bond acceptors (Lipinski definition) is 3. The van der Waals surface area contributed by atoms with Crippen molar-refractivity contribution in [1.82, 2.24) is 9.78 Å². The zero-order valence-corrected chi connectivity index (χ0v) is 15.1. The zero-order valence-electron chi connectivity index (χ0n) is 14.3. The molecular weight excluding hydrogens is 334 g/mol. The monoisotopic (exact) mass is 355 g/mol. The molecule has 2 aromatic carbocycles. The fourth-order valence-corrected chi connectivity index (χ4v) is 3.27. The summed E-state index contributed by atoms with van der Waals surface area (Å²) in [6, 6.07) is 15.6. The summed E-state index contributed by atoms with van der Waals surface area (Å²) < 4.78 is 26.8. The van der Waals surface area contributed by atoms with Gasteiger partial charge in [0.1, 0.15) is 0 Å². The largest absolute Gasteiger partial charge is 0.284 e. The minimum atomic E-state index is -3.26. The van der Waals surface area contributed by atoms with Crippen LogP contribution in [-0.2, 0) is 16.4 Å². The van der Waals surface area contributed by atoms with E-state index < -0.39 is 10.0 Å². The predicted octanol–water partition coefficient (Wildman–Crippen LogP) is 3.86. The molecule has 0 unspecified atom stereocenters. The lowest BCUT2D eigenvalue weighted by molar-refractivity contribution is 0.607. The number of aryl methyl sites for hydroxylation is 1. The highest BCUT2D eigenvalue weighted by Gasteiger charge is 2.06. The number of aromatic nitrogens is 2. The molecule has 0 aliphatic carbocycles. The second-order valence-electron chi connectivity index (χ2n) is 6.05. The van der Waals surface area contributed by atoms with E-state index in [4.69, 9.17) is 0 Å². The third-order valence-corrected chi connectivity index (χ3v) is 4.42. The van der Waals surface area contributed by atoms with E-state index in [0.29, 0.717) is 5.69 Å². The number of nitrogens with one attached hydrogen (secondary N) is 1. The van der Waals surface area contributed by atoms with Gasteiger partial charge in [0.15, 0.2) is 0 Å². The van der Waals surface area contributed by atoms with Crippen LogP contribution < -0.4 is 4.72 Å². The van der Waals surface area contributed by atoms with E-state index in [1.165, 1.54) is 5.56 Å². The molecule has 0 aliphatic rings. The summed E-state index contributed by atoms with van der Waals surface area (Å²) in [5.74, 6) is 0. The molecule has 0 radical (unpaired) electrons. The molecule has 6 heteroatoms. The highest BCUT2D eigenvalue weighted by Crippen LogP contribution is 2.23. The maximum atomic E-state index is 11.3. The summed E-state index contributed by atoms with van der Waals surface area (Å²) in [5.41, 5.74) is 4.84. The van der Waals surface area contributed by atoms with E-state index in [1.807, 2.05) is 41.3 Å². The van der Waals surface area contributed by atoms with E-state index in [2.05, 4.69) is 28.9 Å². The first-order chi connectivity index (χ1) is 11.9. The number of rotatable bonds is 6. The summed E-state index contributed by atoms with van der Waals surface area (Å²) in [5, 5.41) is 4.45. The van der Waals surface area contributed by atoms with Gasteiger partial charge < -0.3 is 0 Å². The maximum absolute atomic E-state index is 11.3. The molecule has 1 heterocycles. The van der Waals surface area contributed by atoms with Crippen LogP contribution in [0.3, 0.4) is 0 Å². The number of hydrogen-bond donors (Lipinski definition) is 1. The van der Waals surface area contributed by atoms with Gasteiger partial charge in [-0.15, -0.1) is 0 Å². The Kier molecular flexibility index (Phi) is 4.90. The van der Waals surface area contributed by atoms with Crippen LogP contribution in [0.15, 0.2) is 60.9 Å². The predicted molar refractivity (Wildman–Crippen MR) is 101 cm³/mol. The lowest BCUT2D eigenvalue weighted by Gasteiger charge is -2.05. The Bertz CT molecular complexity index is 960. The summed E-state index contributed by atoms with van der Waals surface area (Å²) in [4.78, 5) is 0. The summed E-state index contributed by atoms with van der Waals surface area (Å²) in [7, 11) is -3.26. The van der Waals surface area contributed by atoms with E-state index >= 15 is 0 Å². The second-order valence-corrected chi connectivity index (χ2v) is 7.79. The van der Waals surface area contributed by atoms with Crippen molar-refractivity contribution < 1.29 is 8.42 Å². The van der Waals surface area contributed by atoms with Crippen LogP contribution in [0, 0.1) is 0 Å². The maximum Gasteiger partial charge on any atom is 0.229 e. The second kappa shape index (κ2) is 7.11. The van der Waals surface area contributed by atoms with E-state index in [1.54, 1.807) is 12.1 Å². The van der Waals surface area contributed by atoms with Crippen LogP contribution in [0.2, 0.25) is 0 Å². The molecule has 0 amide bonds. The van der Waals surface area contributed by atoms with Gasteiger partial charge in [0.25, 0.3) is 0 Å². The van der Waals surface area contributed by atoms with Gasteiger partial charge in [-0.05, 0) is 41.8 Å². The first-order valence-electron chi connectivity index (χ1n) is 8.17. The molecule has 0 bridgehead atoms. The molecule has 0 atom stereocenters. The van der Waals surface area contributed by atoms with Crippen molar-refractivity contribution >= 4 is 15.7 Å². The molecule has 3 aromatic rings. The molecule has 5 nitrogen and oxygen atoms in total. The minimum Gasteiger partial charge on any atom is -0.284 e. The highest BCUT2D eigenvalue weighted by atomic mass is 32.2. The fourth-order valence-electron chi connectivity index (χ4n) is 2.70. The number of anilines is 1. The topological polar surface area (TPSA) is 64.0 Å². The lowest BCUT2D eigenvalue weighted by Crippen LogP contribution is -2.09. The van der Waals surface area contributed by atoms with E-state index in [0.717, 1.165) is 35.9 Å². The van der Waals surface area contributed by atoms with Crippen LogP contribution in [0.1, 0.15) is 18.9 Å². The molecule has 0 spiro atoms. The lowest BCUT2D eigenvalue weighted by atomic mass is 10.1. The smallest absolute Gasteiger partial charge is 0.229 e. The zero-order chi connectivity index (χ0) is 17.9. The number of benzene rings is 2. The summed E-state index contributed by atoms with van der Waals surface area (Å²) >= 11 is 0. The van der Waals surface area contributed by atoms with Crippen molar-refractivity contribution in [3.8, 4) is 16.8 Å². The van der Waals surface area contributed by atoms with Crippen LogP contribution in [0.5, 0.6) is 0 Å². The average molecular weight is 355 g/mol.